The van der Waals surface area contributed by atoms with Crippen LogP contribution in [0.4, 0.5) is 10.7 Å². The molecule has 0 saturated carbocycles. The van der Waals surface area contributed by atoms with Crippen LogP contribution < -0.4 is 16.4 Å². The number of nitrogens with two attached hydrogens (primary N) is 1. The van der Waals surface area contributed by atoms with Crippen LogP contribution in [-0.2, 0) is 17.6 Å². The van der Waals surface area contributed by atoms with Gasteiger partial charge in [0.25, 0.3) is 17.5 Å². The predicted molar refractivity (Wildman–Crippen MR) is 143 cm³/mol. The molecule has 1 atom stereocenters. The van der Waals surface area contributed by atoms with Gasteiger partial charge < -0.3 is 16.4 Å². The Balaban J connectivity index is 1.39. The molecule has 38 heavy (non-hydrogen) atoms. The Morgan fingerprint density at radius 3 is 2.74 bits per heavy atom. The van der Waals surface area contributed by atoms with Crippen LogP contribution in [0.5, 0.6) is 0 Å². The number of thiophene rings is 1. The van der Waals surface area contributed by atoms with Gasteiger partial charge in [-0.25, -0.2) is 4.98 Å². The van der Waals surface area contributed by atoms with Crippen LogP contribution in [0.25, 0.3) is 0 Å². The van der Waals surface area contributed by atoms with Crippen molar-refractivity contribution < 1.29 is 19.3 Å². The highest BCUT2D eigenvalue weighted by Crippen LogP contribution is 2.38. The van der Waals surface area contributed by atoms with Gasteiger partial charge in [-0.3, -0.25) is 29.6 Å². The number of benzene rings is 1. The fraction of sp³-hybridized carbons (Fsp3) is 0.375. The number of nitro benzene ring substituents is 1. The number of hydrogen-bond donors (Lipinski definition) is 4. The second-order valence-electron chi connectivity index (χ2n) is 9.12. The summed E-state index contributed by atoms with van der Waals surface area (Å²) in [6.07, 6.45) is 3.69. The topological polar surface area (TPSA) is 186 Å². The summed E-state index contributed by atoms with van der Waals surface area (Å²) in [6, 6.07) is 4.92. The van der Waals surface area contributed by atoms with Crippen LogP contribution in [0.15, 0.2) is 29.4 Å². The molecule has 0 bridgehead atoms. The minimum absolute atomic E-state index is 0.00441. The summed E-state index contributed by atoms with van der Waals surface area (Å²) < 4.78 is 0. The summed E-state index contributed by atoms with van der Waals surface area (Å²) in [7, 11) is 0. The average Bonchev–Trinajstić information content (AvgIpc) is 3.50. The molecule has 4 rings (SSSR count). The van der Waals surface area contributed by atoms with Crippen LogP contribution in [0, 0.1) is 16.0 Å². The van der Waals surface area contributed by atoms with Crippen molar-refractivity contribution in [2.45, 2.75) is 50.7 Å². The number of fused-ring (bicyclic) bond motifs is 1. The Bertz CT molecular complexity index is 1380. The Kier molecular flexibility index (Phi) is 8.42. The number of nitro groups is 1. The largest absolute Gasteiger partial charge is 0.365 e. The molecule has 200 valence electrons. The zero-order chi connectivity index (χ0) is 27.4. The average molecular weight is 558 g/mol. The van der Waals surface area contributed by atoms with Crippen LogP contribution in [-0.4, -0.2) is 43.6 Å². The van der Waals surface area contributed by atoms with Gasteiger partial charge in [-0.15, -0.1) is 16.4 Å². The van der Waals surface area contributed by atoms with Crippen molar-refractivity contribution in [1.29, 1.82) is 0 Å². The molecule has 12 nitrogen and oxygen atoms in total. The molecule has 0 aliphatic heterocycles. The molecule has 1 aromatic carbocycles. The van der Waals surface area contributed by atoms with Gasteiger partial charge in [-0.1, -0.05) is 31.7 Å². The number of aromatic nitrogens is 3. The third-order valence-electron chi connectivity index (χ3n) is 6.05. The number of nitrogens with zero attached hydrogens (tertiary/aromatic N) is 3. The van der Waals surface area contributed by atoms with Gasteiger partial charge in [0.2, 0.25) is 11.1 Å². The normalized spacial score (nSPS) is 13.6. The van der Waals surface area contributed by atoms with E-state index in [1.807, 2.05) is 13.8 Å². The molecule has 1 aliphatic rings. The van der Waals surface area contributed by atoms with E-state index in [4.69, 9.17) is 5.73 Å². The summed E-state index contributed by atoms with van der Waals surface area (Å²) >= 11 is 2.50. The highest BCUT2D eigenvalue weighted by molar-refractivity contribution is 7.99. The van der Waals surface area contributed by atoms with Gasteiger partial charge >= 0.3 is 0 Å². The number of non-ortho nitro benzene ring substituents is 1. The van der Waals surface area contributed by atoms with E-state index in [0.29, 0.717) is 21.5 Å². The molecule has 1 aliphatic carbocycles. The van der Waals surface area contributed by atoms with Gasteiger partial charge in [0.15, 0.2) is 0 Å². The maximum absolute atomic E-state index is 12.8. The highest BCUT2D eigenvalue weighted by Gasteiger charge is 2.26. The number of amides is 3. The molecule has 0 fully saturated rings. The fourth-order valence-electron chi connectivity index (χ4n) is 4.21. The maximum atomic E-state index is 12.8. The summed E-state index contributed by atoms with van der Waals surface area (Å²) in [5.41, 5.74) is 6.92. The molecule has 3 aromatic rings. The lowest BCUT2D eigenvalue weighted by atomic mass is 9.95. The molecule has 5 N–H and O–H groups in total. The van der Waals surface area contributed by atoms with E-state index in [1.54, 1.807) is 0 Å². The molecule has 2 aromatic heterocycles. The first-order valence-corrected chi connectivity index (χ1v) is 13.8. The molecule has 0 unspecified atom stereocenters. The number of nitrogens with one attached hydrogen (secondary N) is 3. The van der Waals surface area contributed by atoms with Crippen molar-refractivity contribution in [2.24, 2.45) is 11.7 Å². The third kappa shape index (κ3) is 6.19. The van der Waals surface area contributed by atoms with Gasteiger partial charge in [-0.2, -0.15) is 0 Å². The molecular formula is C24H27N7O5S2. The highest BCUT2D eigenvalue weighted by atomic mass is 32.2. The first-order chi connectivity index (χ1) is 18.1. The second-order valence-corrected chi connectivity index (χ2v) is 11.2. The molecule has 14 heteroatoms. The van der Waals surface area contributed by atoms with E-state index >= 15 is 0 Å². The van der Waals surface area contributed by atoms with Crippen molar-refractivity contribution in [2.75, 3.05) is 11.1 Å². The minimum Gasteiger partial charge on any atom is -0.365 e. The number of primary amides is 1. The zero-order valence-electron chi connectivity index (χ0n) is 20.8. The first-order valence-electron chi connectivity index (χ1n) is 12.0. The number of aryl methyl sites for hydroxylation is 1. The van der Waals surface area contributed by atoms with Crippen molar-refractivity contribution in [3.8, 4) is 0 Å². The summed E-state index contributed by atoms with van der Waals surface area (Å²) in [5, 5.41) is 24.4. The van der Waals surface area contributed by atoms with Gasteiger partial charge in [0.05, 0.1) is 22.3 Å². The number of carbonyl (C=O) groups is 3. The molecule has 3 amide bonds. The Morgan fingerprint density at radius 1 is 1.26 bits per heavy atom. The van der Waals surface area contributed by atoms with Crippen LogP contribution >= 0.6 is 23.1 Å². The van der Waals surface area contributed by atoms with Crippen molar-refractivity contribution in [1.82, 2.24) is 20.5 Å². The Labute approximate surface area is 226 Å². The Morgan fingerprint density at radius 2 is 2.03 bits per heavy atom. The summed E-state index contributed by atoms with van der Waals surface area (Å²) in [5.74, 6) is -1.03. The van der Waals surface area contributed by atoms with E-state index in [-0.39, 0.29) is 28.8 Å². The number of thioether (sulfide) groups is 1. The second kappa shape index (κ2) is 11.7. The van der Waals surface area contributed by atoms with E-state index < -0.39 is 22.8 Å². The number of H-pyrrole nitrogens is 1. The van der Waals surface area contributed by atoms with Gasteiger partial charge in [-0.05, 0) is 43.2 Å². The number of hydrogen-bond acceptors (Lipinski definition) is 9. The van der Waals surface area contributed by atoms with E-state index in [2.05, 4.69) is 25.8 Å². The quantitative estimate of drug-likeness (QED) is 0.165. The Hall–Kier alpha value is -3.78. The molecule has 0 saturated heterocycles. The SMILES string of the molecule is CC(C)[C@@H](NC(=O)c1cccc([N+](=O)[O-])c1)c1nc(SCC(=O)Nc2sc3c(c2C(N)=O)CCCC3)n[nH]1. The third-order valence-corrected chi connectivity index (χ3v) is 8.11. The maximum Gasteiger partial charge on any atom is 0.270 e. The van der Waals surface area contributed by atoms with E-state index in [1.165, 1.54) is 35.6 Å². The molecule has 2 heterocycles. The lowest BCUT2D eigenvalue weighted by Gasteiger charge is -2.19. The predicted octanol–water partition coefficient (Wildman–Crippen LogP) is 3.61. The number of aromatic amines is 1. The zero-order valence-corrected chi connectivity index (χ0v) is 22.4. The molecular weight excluding hydrogens is 530 g/mol. The minimum atomic E-state index is -0.561. The number of anilines is 1. The summed E-state index contributed by atoms with van der Waals surface area (Å²) in [6.45, 7) is 3.77. The number of carbonyl (C=O) groups excluding carboxylic acids is 3. The fourth-order valence-corrected chi connectivity index (χ4v) is 6.12. The summed E-state index contributed by atoms with van der Waals surface area (Å²) in [4.78, 5) is 53.5. The van der Waals surface area contributed by atoms with Gasteiger partial charge in [0.1, 0.15) is 10.8 Å². The van der Waals surface area contributed by atoms with Gasteiger partial charge in [0, 0.05) is 22.6 Å². The number of rotatable bonds is 10. The molecule has 0 radical (unpaired) electrons. The van der Waals surface area contributed by atoms with E-state index in [0.717, 1.165) is 47.9 Å². The lowest BCUT2D eigenvalue weighted by Crippen LogP contribution is -2.32. The van der Waals surface area contributed by atoms with Crippen molar-refractivity contribution >= 4 is 51.5 Å². The molecule has 0 spiro atoms. The smallest absolute Gasteiger partial charge is 0.270 e. The lowest BCUT2D eigenvalue weighted by molar-refractivity contribution is -0.384. The van der Waals surface area contributed by atoms with Crippen LogP contribution in [0.3, 0.4) is 0 Å². The van der Waals surface area contributed by atoms with Crippen LogP contribution in [0.2, 0.25) is 0 Å². The van der Waals surface area contributed by atoms with Crippen molar-refractivity contribution in [3.63, 3.8) is 0 Å². The monoisotopic (exact) mass is 557 g/mol. The first kappa shape index (κ1) is 27.3. The standard InChI is InChI=1S/C24H27N7O5S2/c1-12(2)19(27-22(34)13-6-5-7-14(10-13)31(35)36)21-28-24(30-29-21)37-11-17(32)26-23-18(20(25)33)15-8-3-4-9-16(15)38-23/h5-7,10,12,19H,3-4,8-9,11H2,1-2H3,(H2,25,33)(H,26,32)(H,27,34)(H,28,29,30)/t19-/m1/s1. The van der Waals surface area contributed by atoms with E-state index in [9.17, 15) is 24.5 Å². The van der Waals surface area contributed by atoms with Crippen molar-refractivity contribution in [3.05, 3.63) is 61.8 Å². The van der Waals surface area contributed by atoms with Crippen LogP contribution in [0.1, 0.15) is 69.7 Å².